The van der Waals surface area contributed by atoms with Gasteiger partial charge < -0.3 is 14.7 Å². The highest BCUT2D eigenvalue weighted by molar-refractivity contribution is 6.04. The highest BCUT2D eigenvalue weighted by Gasteiger charge is 2.21. The first-order valence-electron chi connectivity index (χ1n) is 8.32. The minimum Gasteiger partial charge on any atom is -0.482 e. The Morgan fingerprint density at radius 1 is 1.24 bits per heavy atom. The largest absolute Gasteiger partial charge is 0.482 e. The van der Waals surface area contributed by atoms with Crippen molar-refractivity contribution in [2.24, 2.45) is 0 Å². The summed E-state index contributed by atoms with van der Waals surface area (Å²) in [4.78, 5) is 24.6. The number of carbonyl (C=O) groups is 2. The molecule has 1 aliphatic carbocycles. The van der Waals surface area contributed by atoms with Gasteiger partial charge in [-0.25, -0.2) is 4.79 Å². The molecule has 0 saturated heterocycles. The van der Waals surface area contributed by atoms with Crippen LogP contribution >= 0.6 is 0 Å². The monoisotopic (exact) mass is 343 g/mol. The maximum absolute atomic E-state index is 12.6. The average Bonchev–Trinajstić information content (AvgIpc) is 3.30. The molecule has 0 aliphatic heterocycles. The highest BCUT2D eigenvalue weighted by Crippen LogP contribution is 2.29. The first-order chi connectivity index (χ1) is 12.0. The molecule has 132 valence electrons. The molecule has 1 amide bonds. The van der Waals surface area contributed by atoms with Gasteiger partial charge in [0.2, 0.25) is 0 Å². The number of hydrogen-bond acceptors (Lipinski definition) is 4. The number of hydrogen-bond donors (Lipinski definition) is 1. The summed E-state index contributed by atoms with van der Waals surface area (Å²) in [5, 5.41) is 13.1. The van der Waals surface area contributed by atoms with Crippen molar-refractivity contribution in [1.29, 1.82) is 0 Å². The first-order valence-corrected chi connectivity index (χ1v) is 8.32. The van der Waals surface area contributed by atoms with E-state index in [0.717, 1.165) is 12.8 Å². The van der Waals surface area contributed by atoms with Crippen LogP contribution in [0.15, 0.2) is 36.5 Å². The zero-order valence-electron chi connectivity index (χ0n) is 14.1. The van der Waals surface area contributed by atoms with Crippen LogP contribution in [0.5, 0.6) is 5.75 Å². The molecule has 1 N–H and O–H groups in total. The number of carboxylic acid groups (broad SMARTS) is 1. The summed E-state index contributed by atoms with van der Waals surface area (Å²) in [5.74, 6) is -0.775. The Balaban J connectivity index is 1.66. The number of aliphatic carboxylic acids is 1. The van der Waals surface area contributed by atoms with Crippen molar-refractivity contribution in [2.75, 3.05) is 18.6 Å². The van der Waals surface area contributed by atoms with E-state index >= 15 is 0 Å². The molecule has 25 heavy (non-hydrogen) atoms. The summed E-state index contributed by atoms with van der Waals surface area (Å²) < 4.78 is 6.99. The molecule has 7 heteroatoms. The lowest BCUT2D eigenvalue weighted by molar-refractivity contribution is -0.139. The fraction of sp³-hybridized carbons (Fsp3) is 0.389. The average molecular weight is 343 g/mol. The Hall–Kier alpha value is -2.83. The van der Waals surface area contributed by atoms with Crippen LogP contribution in [0.3, 0.4) is 0 Å². The molecule has 0 radical (unpaired) electrons. The van der Waals surface area contributed by atoms with E-state index in [1.165, 1.54) is 17.7 Å². The van der Waals surface area contributed by atoms with E-state index in [2.05, 4.69) is 5.10 Å². The van der Waals surface area contributed by atoms with E-state index in [4.69, 9.17) is 9.84 Å². The predicted molar refractivity (Wildman–Crippen MR) is 92.0 cm³/mol. The van der Waals surface area contributed by atoms with Crippen molar-refractivity contribution in [3.8, 4) is 5.75 Å². The van der Waals surface area contributed by atoms with Crippen LogP contribution in [0, 0.1) is 0 Å². The lowest BCUT2D eigenvalue weighted by atomic mass is 10.2. The molecule has 1 heterocycles. The second kappa shape index (κ2) is 7.38. The molecule has 0 unspecified atom stereocenters. The van der Waals surface area contributed by atoms with Gasteiger partial charge in [-0.1, -0.05) is 12.8 Å². The molecular weight excluding hydrogens is 322 g/mol. The van der Waals surface area contributed by atoms with E-state index < -0.39 is 12.6 Å². The summed E-state index contributed by atoms with van der Waals surface area (Å²) in [5.41, 5.74) is 1.10. The van der Waals surface area contributed by atoms with Crippen molar-refractivity contribution >= 4 is 17.6 Å². The van der Waals surface area contributed by atoms with Crippen LogP contribution in [0.1, 0.15) is 42.2 Å². The molecule has 1 fully saturated rings. The third-order valence-electron chi connectivity index (χ3n) is 4.42. The molecule has 7 nitrogen and oxygen atoms in total. The maximum atomic E-state index is 12.6. The summed E-state index contributed by atoms with van der Waals surface area (Å²) >= 11 is 0. The number of anilines is 1. The zero-order chi connectivity index (χ0) is 17.8. The third-order valence-corrected chi connectivity index (χ3v) is 4.42. The number of carbonyl (C=O) groups excluding carboxylic acids is 1. The lowest BCUT2D eigenvalue weighted by Crippen LogP contribution is -2.26. The second-order valence-corrected chi connectivity index (χ2v) is 6.16. The number of aromatic nitrogens is 2. The Bertz CT molecular complexity index is 748. The highest BCUT2D eigenvalue weighted by atomic mass is 16.5. The van der Waals surface area contributed by atoms with Gasteiger partial charge in [0.1, 0.15) is 5.75 Å². The predicted octanol–water partition coefficient (Wildman–Crippen LogP) is 2.74. The van der Waals surface area contributed by atoms with E-state index in [0.29, 0.717) is 23.2 Å². The van der Waals surface area contributed by atoms with Gasteiger partial charge in [0.05, 0.1) is 6.04 Å². The first kappa shape index (κ1) is 17.0. The van der Waals surface area contributed by atoms with Gasteiger partial charge in [-0.15, -0.1) is 0 Å². The Morgan fingerprint density at radius 2 is 1.92 bits per heavy atom. The molecule has 0 atom stereocenters. The van der Waals surface area contributed by atoms with Gasteiger partial charge in [-0.2, -0.15) is 5.10 Å². The van der Waals surface area contributed by atoms with Crippen LogP contribution in [0.2, 0.25) is 0 Å². The standard InChI is InChI=1S/C18H21N3O4/c1-20(13-6-8-15(9-7-13)25-12-17(22)23)18(24)16-10-11-21(19-16)14-4-2-3-5-14/h6-11,14H,2-5,12H2,1H3,(H,22,23). The maximum Gasteiger partial charge on any atom is 0.341 e. The number of nitrogens with zero attached hydrogens (tertiary/aromatic N) is 3. The van der Waals surface area contributed by atoms with Gasteiger partial charge in [0.15, 0.2) is 12.3 Å². The quantitative estimate of drug-likeness (QED) is 0.872. The fourth-order valence-electron chi connectivity index (χ4n) is 3.02. The summed E-state index contributed by atoms with van der Waals surface area (Å²) in [7, 11) is 1.68. The SMILES string of the molecule is CN(C(=O)c1ccn(C2CCCC2)n1)c1ccc(OCC(=O)O)cc1. The van der Waals surface area contributed by atoms with Crippen molar-refractivity contribution in [1.82, 2.24) is 9.78 Å². The van der Waals surface area contributed by atoms with Crippen LogP contribution in [-0.2, 0) is 4.79 Å². The fourth-order valence-corrected chi connectivity index (χ4v) is 3.02. The number of rotatable bonds is 6. The van der Waals surface area contributed by atoms with Crippen LogP contribution < -0.4 is 9.64 Å². The number of carboxylic acids is 1. The number of ether oxygens (including phenoxy) is 1. The molecule has 0 bridgehead atoms. The molecule has 1 aromatic heterocycles. The molecule has 1 saturated carbocycles. The Labute approximate surface area is 145 Å². The molecule has 2 aromatic rings. The van der Waals surface area contributed by atoms with Crippen molar-refractivity contribution in [3.63, 3.8) is 0 Å². The van der Waals surface area contributed by atoms with Crippen LogP contribution in [-0.4, -0.2) is 40.4 Å². The third kappa shape index (κ3) is 3.99. The lowest BCUT2D eigenvalue weighted by Gasteiger charge is -2.16. The topological polar surface area (TPSA) is 84.7 Å². The van der Waals surface area contributed by atoms with Crippen LogP contribution in [0.4, 0.5) is 5.69 Å². The van der Waals surface area contributed by atoms with E-state index in [1.807, 2.05) is 10.9 Å². The molecule has 1 aromatic carbocycles. The molecule has 0 spiro atoms. The van der Waals surface area contributed by atoms with Gasteiger partial charge in [-0.05, 0) is 43.2 Å². The molecular formula is C18H21N3O4. The minimum atomic E-state index is -1.03. The Kier molecular flexibility index (Phi) is 5.02. The van der Waals surface area contributed by atoms with Crippen molar-refractivity contribution in [2.45, 2.75) is 31.7 Å². The van der Waals surface area contributed by atoms with Crippen molar-refractivity contribution < 1.29 is 19.4 Å². The Morgan fingerprint density at radius 3 is 2.56 bits per heavy atom. The number of benzene rings is 1. The molecule has 1 aliphatic rings. The van der Waals surface area contributed by atoms with Gasteiger partial charge in [0, 0.05) is 18.9 Å². The van der Waals surface area contributed by atoms with Gasteiger partial charge >= 0.3 is 5.97 Å². The minimum absolute atomic E-state index is 0.184. The zero-order valence-corrected chi connectivity index (χ0v) is 14.1. The van der Waals surface area contributed by atoms with E-state index in [-0.39, 0.29) is 5.91 Å². The summed E-state index contributed by atoms with van der Waals surface area (Å²) in [6, 6.07) is 8.85. The van der Waals surface area contributed by atoms with Crippen LogP contribution in [0.25, 0.3) is 0 Å². The summed E-state index contributed by atoms with van der Waals surface area (Å²) in [6.07, 6.45) is 6.53. The van der Waals surface area contributed by atoms with Gasteiger partial charge in [0.25, 0.3) is 5.91 Å². The van der Waals surface area contributed by atoms with E-state index in [1.54, 1.807) is 37.4 Å². The molecule has 3 rings (SSSR count). The van der Waals surface area contributed by atoms with Gasteiger partial charge in [-0.3, -0.25) is 9.48 Å². The summed E-state index contributed by atoms with van der Waals surface area (Å²) in [6.45, 7) is -0.396. The second-order valence-electron chi connectivity index (χ2n) is 6.16. The normalized spacial score (nSPS) is 14.4. The smallest absolute Gasteiger partial charge is 0.341 e. The van der Waals surface area contributed by atoms with E-state index in [9.17, 15) is 9.59 Å². The number of amides is 1. The van der Waals surface area contributed by atoms with Crippen molar-refractivity contribution in [3.05, 3.63) is 42.2 Å².